The number of nitrogens with one attached hydrogen (secondary N) is 4. The van der Waals surface area contributed by atoms with Crippen LogP contribution < -0.4 is 21.3 Å². The fourth-order valence-corrected chi connectivity index (χ4v) is 11.1. The first-order valence-corrected chi connectivity index (χ1v) is 32.1. The summed E-state index contributed by atoms with van der Waals surface area (Å²) < 4.78 is 6.11. The van der Waals surface area contributed by atoms with Crippen molar-refractivity contribution < 1.29 is 62.6 Å². The number of ether oxygens (including phenoxy) is 1. The lowest BCUT2D eigenvalue weighted by Crippen LogP contribution is -2.63. The van der Waals surface area contributed by atoms with Crippen molar-refractivity contribution in [2.24, 2.45) is 35.5 Å². The summed E-state index contributed by atoms with van der Waals surface area (Å²) in [4.78, 5) is 170. The third kappa shape index (κ3) is 23.2. The number of nitrogens with zero attached hydrogens (tertiary/aromatic N) is 8. The van der Waals surface area contributed by atoms with Crippen molar-refractivity contribution in [1.82, 2.24) is 55.6 Å². The molecule has 0 aromatic rings. The number of rotatable bonds is 19. The number of hydrogen-bond acceptors (Lipinski definition) is 14. The number of carbonyl (C=O) groups excluding carboxylic acids is 11. The van der Waals surface area contributed by atoms with Gasteiger partial charge in [-0.25, -0.2) is 0 Å². The van der Waals surface area contributed by atoms with Gasteiger partial charge in [0, 0.05) is 62.4 Å². The molecule has 0 aromatic heterocycles. The summed E-state index contributed by atoms with van der Waals surface area (Å²) in [5.74, 6) is -10.3. The van der Waals surface area contributed by atoms with E-state index in [2.05, 4.69) is 27.3 Å². The normalized spacial score (nSPS) is 26.3. The number of hydrogen-bond donors (Lipinski definition) is 5. The smallest absolute Gasteiger partial charge is 0.246 e. The number of likely N-dealkylation sites (N-methyl/N-ethyl adjacent to an activating group) is 7. The molecule has 1 heterocycles. The van der Waals surface area contributed by atoms with Gasteiger partial charge < -0.3 is 65.4 Å². The van der Waals surface area contributed by atoms with E-state index in [0.29, 0.717) is 19.3 Å². The van der Waals surface area contributed by atoms with Crippen molar-refractivity contribution in [2.45, 2.75) is 235 Å². The van der Waals surface area contributed by atoms with E-state index in [1.54, 1.807) is 67.5 Å². The Balaban J connectivity index is 4.39. The third-order valence-corrected chi connectivity index (χ3v) is 16.8. The zero-order valence-electron chi connectivity index (χ0n) is 58.5. The first-order chi connectivity index (χ1) is 41.8. The molecule has 90 heavy (non-hydrogen) atoms. The lowest BCUT2D eigenvalue weighted by atomic mass is 9.91. The molecule has 5 N–H and O–H groups in total. The second kappa shape index (κ2) is 38.2. The number of aliphatic hydroxyl groups excluding tert-OH is 1. The first-order valence-electron chi connectivity index (χ1n) is 32.1. The summed E-state index contributed by atoms with van der Waals surface area (Å²) in [5, 5.41) is 32.2. The highest BCUT2D eigenvalue weighted by molar-refractivity contribution is 5.99. The van der Waals surface area contributed by atoms with Gasteiger partial charge in [-0.1, -0.05) is 95.2 Å². The Labute approximate surface area is 537 Å². The second-order valence-corrected chi connectivity index (χ2v) is 26.6. The molecule has 13 atom stereocenters. The molecule has 0 radical (unpaired) electrons. The van der Waals surface area contributed by atoms with Crippen LogP contribution in [0.4, 0.5) is 0 Å². The summed E-state index contributed by atoms with van der Waals surface area (Å²) in [6.45, 7) is 27.0. The predicted molar refractivity (Wildman–Crippen MR) is 344 cm³/mol. The van der Waals surface area contributed by atoms with Gasteiger partial charge in [-0.05, 0) is 108 Å². The molecule has 0 bridgehead atoms. The maximum absolute atomic E-state index is 15.2. The third-order valence-electron chi connectivity index (χ3n) is 16.8. The molecular weight excluding hydrogens is 1160 g/mol. The van der Waals surface area contributed by atoms with Crippen LogP contribution in [0.2, 0.25) is 0 Å². The van der Waals surface area contributed by atoms with E-state index in [0.717, 1.165) is 14.7 Å². The van der Waals surface area contributed by atoms with Crippen molar-refractivity contribution >= 4 is 65.0 Å². The highest BCUT2D eigenvalue weighted by atomic mass is 16.5. The quantitative estimate of drug-likeness (QED) is 0.0916. The molecule has 0 unspecified atom stereocenters. The number of nitriles is 1. The standard InChI is InChI=1S/C65H114N12O13/c1-24-26-30-42(13)55(79)54-59(83)69-46(25-2)61(85)71(17)36-50(78)75(21)53(45(16)90-32-29-27-28-31-66)58(82)70-51(40(9)10)64(88)72(18)47(33-37(3)4)57(81)67-43(14)56(80)68-44(15)60(84)73(19)48(34-38(5)6)62(86)74(20)49(35-39(7)8)63(87)76(22)52(41(11)12)65(89)77(54)23/h24,26,37-49,51-55,79H,25,27-30,32-36H2,1-23H3,(H,67,81)(H,68,80)(H,69,83)(H,70,82)/b26-24+/t42-,43+,44+,45-,46+,47-,48+,49-,51+,52+,53+,54+,55-/m1/s1. The second-order valence-electron chi connectivity index (χ2n) is 26.6. The molecular formula is C65H114N12O13. The molecule has 0 spiro atoms. The molecule has 11 amide bonds. The number of unbranched alkanes of at least 4 members (excludes halogenated alkanes) is 2. The van der Waals surface area contributed by atoms with Crippen LogP contribution >= 0.6 is 0 Å². The van der Waals surface area contributed by atoms with Crippen LogP contribution in [-0.2, 0) is 57.5 Å². The topological polar surface area (TPSA) is 312 Å². The van der Waals surface area contributed by atoms with Crippen molar-refractivity contribution in [1.29, 1.82) is 5.26 Å². The molecule has 1 saturated heterocycles. The van der Waals surface area contributed by atoms with E-state index >= 15 is 9.59 Å². The molecule has 0 saturated carbocycles. The van der Waals surface area contributed by atoms with Gasteiger partial charge in [0.25, 0.3) is 0 Å². The number of allylic oxidation sites excluding steroid dienone is 2. The minimum absolute atomic E-state index is 0.0155. The summed E-state index contributed by atoms with van der Waals surface area (Å²) >= 11 is 0. The number of amides is 11. The summed E-state index contributed by atoms with van der Waals surface area (Å²) in [6, 6.07) is -10.9. The van der Waals surface area contributed by atoms with E-state index in [1.165, 1.54) is 82.8 Å². The fraction of sp³-hybridized carbons (Fsp3) is 0.785. The van der Waals surface area contributed by atoms with Crippen LogP contribution in [0.3, 0.4) is 0 Å². The maximum atomic E-state index is 15.2. The van der Waals surface area contributed by atoms with Crippen LogP contribution in [0.25, 0.3) is 0 Å². The van der Waals surface area contributed by atoms with E-state index in [1.807, 2.05) is 41.5 Å². The van der Waals surface area contributed by atoms with Crippen LogP contribution in [0.15, 0.2) is 12.2 Å². The Hall–Kier alpha value is -6.68. The van der Waals surface area contributed by atoms with Crippen LogP contribution in [0.5, 0.6) is 0 Å². The molecule has 1 fully saturated rings. The van der Waals surface area contributed by atoms with E-state index < -0.39 is 162 Å². The zero-order valence-corrected chi connectivity index (χ0v) is 58.5. The predicted octanol–water partition coefficient (Wildman–Crippen LogP) is 3.32. The van der Waals surface area contributed by atoms with Gasteiger partial charge in [-0.3, -0.25) is 52.7 Å². The van der Waals surface area contributed by atoms with Gasteiger partial charge in [-0.15, -0.1) is 0 Å². The van der Waals surface area contributed by atoms with Gasteiger partial charge in [0.2, 0.25) is 65.0 Å². The molecule has 1 aliphatic rings. The summed E-state index contributed by atoms with van der Waals surface area (Å²) in [5.41, 5.74) is 0. The Bertz CT molecular complexity index is 2500. The molecule has 0 aromatic carbocycles. The SMILES string of the molecule is C/C=C/C[C@@H](C)[C@@H](O)[C@H]1C(=O)N[C@@H](CC)C(=O)N(C)CC(=O)N(C)[C@@H]([C@@H](C)OCCCCC#N)C(=O)N[C@@H](C(C)C)C(=O)N(C)[C@H](CC(C)C)C(=O)N[C@@H](C)C(=O)N[C@@H](C)C(=O)N(C)[C@@H](CC(C)C)C(=O)N(C)[C@H](CC(C)C)C(=O)N(C)[C@@H](C(C)C)C(=O)N1C. The largest absolute Gasteiger partial charge is 0.390 e. The van der Waals surface area contributed by atoms with E-state index in [4.69, 9.17) is 10.00 Å². The van der Waals surface area contributed by atoms with Crippen molar-refractivity contribution in [2.75, 3.05) is 62.5 Å². The average molecular weight is 1270 g/mol. The average Bonchev–Trinajstić information content (AvgIpc) is 0.863. The Kier molecular flexibility index (Phi) is 34.6. The maximum Gasteiger partial charge on any atom is 0.246 e. The van der Waals surface area contributed by atoms with Crippen LogP contribution in [0.1, 0.15) is 162 Å². The van der Waals surface area contributed by atoms with Crippen molar-refractivity contribution in [3.63, 3.8) is 0 Å². The Morgan fingerprint density at radius 3 is 1.51 bits per heavy atom. The van der Waals surface area contributed by atoms with Crippen LogP contribution in [0, 0.1) is 46.8 Å². The van der Waals surface area contributed by atoms with Gasteiger partial charge in [0.05, 0.1) is 24.8 Å². The monoisotopic (exact) mass is 1270 g/mol. The highest BCUT2D eigenvalue weighted by Crippen LogP contribution is 2.26. The summed E-state index contributed by atoms with van der Waals surface area (Å²) in [7, 11) is 9.73. The molecule has 1 aliphatic heterocycles. The minimum Gasteiger partial charge on any atom is -0.390 e. The lowest BCUT2D eigenvalue weighted by molar-refractivity contribution is -0.157. The van der Waals surface area contributed by atoms with Gasteiger partial charge >= 0.3 is 0 Å². The van der Waals surface area contributed by atoms with Crippen LogP contribution in [-0.4, -0.2) is 239 Å². The molecule has 1 rings (SSSR count). The molecule has 0 aliphatic carbocycles. The molecule has 25 nitrogen and oxygen atoms in total. The Morgan fingerprint density at radius 1 is 0.544 bits per heavy atom. The highest BCUT2D eigenvalue weighted by Gasteiger charge is 2.46. The molecule has 512 valence electrons. The molecule has 25 heteroatoms. The van der Waals surface area contributed by atoms with Gasteiger partial charge in [0.1, 0.15) is 60.4 Å². The van der Waals surface area contributed by atoms with E-state index in [-0.39, 0.29) is 56.5 Å². The van der Waals surface area contributed by atoms with Gasteiger partial charge in [-0.2, -0.15) is 5.26 Å². The number of carbonyl (C=O) groups is 11. The van der Waals surface area contributed by atoms with E-state index in [9.17, 15) is 48.3 Å². The lowest BCUT2D eigenvalue weighted by Gasteiger charge is -2.41. The Morgan fingerprint density at radius 2 is 1.02 bits per heavy atom. The summed E-state index contributed by atoms with van der Waals surface area (Å²) in [6.07, 6.45) is 2.89. The van der Waals surface area contributed by atoms with Crippen molar-refractivity contribution in [3.05, 3.63) is 12.2 Å². The van der Waals surface area contributed by atoms with Gasteiger partial charge in [0.15, 0.2) is 0 Å². The first kappa shape index (κ1) is 81.3. The zero-order chi connectivity index (χ0) is 69.5. The fourth-order valence-electron chi connectivity index (χ4n) is 11.1. The number of aliphatic hydroxyl groups is 1. The minimum atomic E-state index is -1.64. The van der Waals surface area contributed by atoms with Crippen molar-refractivity contribution in [3.8, 4) is 6.07 Å².